The fraction of sp³-hybridized carbons (Fsp3) is 0.364. The lowest BCUT2D eigenvalue weighted by Crippen LogP contribution is -2.22. The Kier molecular flexibility index (Phi) is 1.67. The second kappa shape index (κ2) is 2.89. The highest BCUT2D eigenvalue weighted by Gasteiger charge is 2.36. The van der Waals surface area contributed by atoms with Crippen LogP contribution < -0.4 is 5.32 Å². The van der Waals surface area contributed by atoms with Crippen molar-refractivity contribution in [2.45, 2.75) is 0 Å². The predicted octanol–water partition coefficient (Wildman–Crippen LogP) is 1.45. The first-order chi connectivity index (χ1) is 6.84. The highest BCUT2D eigenvalue weighted by Crippen LogP contribution is 2.41. The molecule has 0 spiro atoms. The Balaban J connectivity index is 1.90. The number of rotatable bonds is 1. The van der Waals surface area contributed by atoms with Gasteiger partial charge in [0.25, 0.3) is 0 Å². The van der Waals surface area contributed by atoms with Crippen LogP contribution in [0.5, 0.6) is 0 Å². The maximum Gasteiger partial charge on any atom is 0.212 e. The molecular weight excluding hydrogens is 179 g/mol. The van der Waals surface area contributed by atoms with Crippen LogP contribution in [0.1, 0.15) is 5.56 Å². The van der Waals surface area contributed by atoms with Gasteiger partial charge in [0.2, 0.25) is 5.95 Å². The van der Waals surface area contributed by atoms with Crippen molar-refractivity contribution in [1.29, 1.82) is 0 Å². The van der Waals surface area contributed by atoms with Gasteiger partial charge in [-0.15, -0.1) is 0 Å². The molecule has 2 aliphatic rings. The van der Waals surface area contributed by atoms with Crippen molar-refractivity contribution in [2.75, 3.05) is 13.1 Å². The normalized spacial score (nSPS) is 29.4. The number of pyridine rings is 1. The third-order valence-electron chi connectivity index (χ3n) is 3.11. The third-order valence-corrected chi connectivity index (χ3v) is 3.11. The number of nitrogens with zero attached hydrogens (tertiary/aromatic N) is 1. The Labute approximate surface area is 81.9 Å². The maximum atomic E-state index is 12.6. The monoisotopic (exact) mass is 190 g/mol. The molecule has 1 saturated heterocycles. The summed E-state index contributed by atoms with van der Waals surface area (Å²) < 4.78 is 12.6. The van der Waals surface area contributed by atoms with Crippen molar-refractivity contribution in [2.24, 2.45) is 11.8 Å². The highest BCUT2D eigenvalue weighted by molar-refractivity contribution is 5.73. The Hall–Kier alpha value is -1.22. The Morgan fingerprint density at radius 2 is 2.29 bits per heavy atom. The van der Waals surface area contributed by atoms with Crippen LogP contribution in [0.4, 0.5) is 4.39 Å². The highest BCUT2D eigenvalue weighted by atomic mass is 19.1. The molecule has 1 aromatic heterocycles. The van der Waals surface area contributed by atoms with Crippen LogP contribution in [-0.4, -0.2) is 18.1 Å². The van der Waals surface area contributed by atoms with E-state index in [0.29, 0.717) is 11.8 Å². The molecule has 0 bridgehead atoms. The van der Waals surface area contributed by atoms with E-state index in [0.717, 1.165) is 18.7 Å². The molecule has 0 radical (unpaired) electrons. The molecule has 0 amide bonds. The van der Waals surface area contributed by atoms with Crippen molar-refractivity contribution >= 4 is 5.57 Å². The second-order valence-corrected chi connectivity index (χ2v) is 3.92. The first-order valence-corrected chi connectivity index (χ1v) is 4.89. The zero-order valence-corrected chi connectivity index (χ0v) is 7.70. The van der Waals surface area contributed by atoms with Gasteiger partial charge in [0, 0.05) is 25.2 Å². The summed E-state index contributed by atoms with van der Waals surface area (Å²) in [5.41, 5.74) is 2.39. The quantitative estimate of drug-likeness (QED) is 0.678. The Bertz CT molecular complexity index is 383. The molecular formula is C11H11FN2. The van der Waals surface area contributed by atoms with Gasteiger partial charge < -0.3 is 5.32 Å². The lowest BCUT2D eigenvalue weighted by Gasteiger charge is -2.29. The molecule has 72 valence electrons. The minimum absolute atomic E-state index is 0.408. The van der Waals surface area contributed by atoms with E-state index < -0.39 is 5.95 Å². The molecule has 0 unspecified atom stereocenters. The van der Waals surface area contributed by atoms with Crippen molar-refractivity contribution in [3.05, 3.63) is 35.9 Å². The average molecular weight is 190 g/mol. The molecule has 1 fully saturated rings. The summed E-state index contributed by atoms with van der Waals surface area (Å²) in [5.74, 6) is 0.909. The van der Waals surface area contributed by atoms with E-state index in [4.69, 9.17) is 0 Å². The van der Waals surface area contributed by atoms with Crippen LogP contribution in [0.25, 0.3) is 5.57 Å². The predicted molar refractivity (Wildman–Crippen MR) is 52.0 cm³/mol. The minimum Gasteiger partial charge on any atom is -0.315 e. The lowest BCUT2D eigenvalue weighted by molar-refractivity contribution is 0.561. The van der Waals surface area contributed by atoms with Crippen LogP contribution in [0.15, 0.2) is 24.4 Å². The van der Waals surface area contributed by atoms with Gasteiger partial charge in [0.05, 0.1) is 0 Å². The van der Waals surface area contributed by atoms with E-state index in [1.165, 1.54) is 11.6 Å². The van der Waals surface area contributed by atoms with E-state index in [-0.39, 0.29) is 0 Å². The first-order valence-electron chi connectivity index (χ1n) is 4.89. The van der Waals surface area contributed by atoms with Gasteiger partial charge in [0.15, 0.2) is 0 Å². The summed E-state index contributed by atoms with van der Waals surface area (Å²) in [6.07, 6.45) is 3.88. The topological polar surface area (TPSA) is 24.9 Å². The first kappa shape index (κ1) is 8.12. The molecule has 2 nitrogen and oxygen atoms in total. The SMILES string of the molecule is Fc1ccc(C2=C[C@@H]3CNC[C@H]23)cn1. The molecule has 2 heterocycles. The van der Waals surface area contributed by atoms with Crippen LogP contribution >= 0.6 is 0 Å². The smallest absolute Gasteiger partial charge is 0.212 e. The standard InChI is InChI=1S/C11H11FN2/c12-11-2-1-7(5-14-11)9-3-8-4-13-6-10(8)9/h1-3,5,8,10,13H,4,6H2/t8-,10+/m1/s1. The third kappa shape index (κ3) is 1.09. The van der Waals surface area contributed by atoms with Gasteiger partial charge in [0.1, 0.15) is 0 Å². The van der Waals surface area contributed by atoms with Gasteiger partial charge in [-0.1, -0.05) is 6.08 Å². The number of nitrogens with one attached hydrogen (secondary N) is 1. The van der Waals surface area contributed by atoms with E-state index >= 15 is 0 Å². The number of aromatic nitrogens is 1. The molecule has 14 heavy (non-hydrogen) atoms. The Morgan fingerprint density at radius 1 is 1.36 bits per heavy atom. The Morgan fingerprint density at radius 3 is 3.00 bits per heavy atom. The van der Waals surface area contributed by atoms with Crippen LogP contribution in [0.3, 0.4) is 0 Å². The van der Waals surface area contributed by atoms with Gasteiger partial charge >= 0.3 is 0 Å². The van der Waals surface area contributed by atoms with Crippen molar-refractivity contribution in [1.82, 2.24) is 10.3 Å². The van der Waals surface area contributed by atoms with Gasteiger partial charge in [-0.3, -0.25) is 0 Å². The molecule has 1 aliphatic carbocycles. The summed E-state index contributed by atoms with van der Waals surface area (Å²) in [5, 5.41) is 3.35. The molecule has 2 atom stereocenters. The lowest BCUT2D eigenvalue weighted by atomic mass is 9.74. The van der Waals surface area contributed by atoms with Crippen molar-refractivity contribution < 1.29 is 4.39 Å². The number of halogens is 1. The summed E-state index contributed by atoms with van der Waals surface area (Å²) in [6.45, 7) is 2.14. The fourth-order valence-electron chi connectivity index (χ4n) is 2.31. The molecule has 1 aromatic rings. The van der Waals surface area contributed by atoms with E-state index in [9.17, 15) is 4.39 Å². The van der Waals surface area contributed by atoms with E-state index in [1.807, 2.05) is 6.07 Å². The largest absolute Gasteiger partial charge is 0.315 e. The zero-order valence-electron chi connectivity index (χ0n) is 7.70. The molecule has 3 rings (SSSR count). The van der Waals surface area contributed by atoms with Gasteiger partial charge in [-0.05, 0) is 29.2 Å². The maximum absolute atomic E-state index is 12.6. The molecule has 1 N–H and O–H groups in total. The van der Waals surface area contributed by atoms with Gasteiger partial charge in [-0.2, -0.15) is 4.39 Å². The van der Waals surface area contributed by atoms with Crippen molar-refractivity contribution in [3.63, 3.8) is 0 Å². The number of hydrogen-bond donors (Lipinski definition) is 1. The van der Waals surface area contributed by atoms with Gasteiger partial charge in [-0.25, -0.2) is 4.98 Å². The average Bonchev–Trinajstić information content (AvgIpc) is 2.52. The van der Waals surface area contributed by atoms with E-state index in [1.54, 1.807) is 6.20 Å². The number of fused-ring (bicyclic) bond motifs is 1. The molecule has 1 aliphatic heterocycles. The molecule has 0 aromatic carbocycles. The summed E-state index contributed by atoms with van der Waals surface area (Å²) in [7, 11) is 0. The van der Waals surface area contributed by atoms with Crippen molar-refractivity contribution in [3.8, 4) is 0 Å². The summed E-state index contributed by atoms with van der Waals surface area (Å²) in [6, 6.07) is 3.23. The molecule has 0 saturated carbocycles. The minimum atomic E-state index is -0.408. The van der Waals surface area contributed by atoms with Crippen LogP contribution in [0, 0.1) is 17.8 Å². The second-order valence-electron chi connectivity index (χ2n) is 3.92. The molecule has 3 heteroatoms. The van der Waals surface area contributed by atoms with Crippen LogP contribution in [-0.2, 0) is 0 Å². The fourth-order valence-corrected chi connectivity index (χ4v) is 2.31. The number of hydrogen-bond acceptors (Lipinski definition) is 2. The van der Waals surface area contributed by atoms with Crippen LogP contribution in [0.2, 0.25) is 0 Å². The van der Waals surface area contributed by atoms with E-state index in [2.05, 4.69) is 16.4 Å². The summed E-state index contributed by atoms with van der Waals surface area (Å²) in [4.78, 5) is 3.67. The summed E-state index contributed by atoms with van der Waals surface area (Å²) >= 11 is 0. The zero-order chi connectivity index (χ0) is 9.54.